The van der Waals surface area contributed by atoms with Crippen LogP contribution in [0.4, 0.5) is 0 Å². The third-order valence-electron chi connectivity index (χ3n) is 2.87. The molecule has 4 heteroatoms. The normalized spacial score (nSPS) is 21.2. The second kappa shape index (κ2) is 3.03. The van der Waals surface area contributed by atoms with Crippen molar-refractivity contribution in [2.24, 2.45) is 0 Å². The number of aliphatic hydroxyl groups is 1. The molecule has 3 nitrogen and oxygen atoms in total. The summed E-state index contributed by atoms with van der Waals surface area (Å²) in [5.41, 5.74) is 0.0285. The van der Waals surface area contributed by atoms with Gasteiger partial charge in [0.2, 0.25) is 0 Å². The van der Waals surface area contributed by atoms with Gasteiger partial charge in [-0.1, -0.05) is 17.7 Å². The number of ether oxygens (including phenoxy) is 2. The predicted octanol–water partition coefficient (Wildman–Crippen LogP) is 2.09. The van der Waals surface area contributed by atoms with Crippen LogP contribution in [0.2, 0.25) is 5.02 Å². The first-order valence-electron chi connectivity index (χ1n) is 5.02. The van der Waals surface area contributed by atoms with Gasteiger partial charge in [0.05, 0.1) is 10.6 Å². The Labute approximate surface area is 92.6 Å². The van der Waals surface area contributed by atoms with Crippen molar-refractivity contribution in [3.8, 4) is 11.5 Å². The van der Waals surface area contributed by atoms with E-state index in [1.807, 2.05) is 12.1 Å². The van der Waals surface area contributed by atoms with Gasteiger partial charge < -0.3 is 14.6 Å². The quantitative estimate of drug-likeness (QED) is 0.797. The number of benzene rings is 1. The maximum Gasteiger partial charge on any atom is 0.180 e. The van der Waals surface area contributed by atoms with Gasteiger partial charge in [0.1, 0.15) is 13.2 Å². The Morgan fingerprint density at radius 3 is 2.67 bits per heavy atom. The van der Waals surface area contributed by atoms with Gasteiger partial charge in [-0.25, -0.2) is 0 Å². The average molecular weight is 227 g/mol. The van der Waals surface area contributed by atoms with Crippen molar-refractivity contribution in [3.05, 3.63) is 22.7 Å². The van der Waals surface area contributed by atoms with E-state index in [-0.39, 0.29) is 0 Å². The highest BCUT2D eigenvalue weighted by Gasteiger charge is 2.44. The average Bonchev–Trinajstić information content (AvgIpc) is 2.98. The van der Waals surface area contributed by atoms with Crippen LogP contribution in [-0.2, 0) is 5.60 Å². The molecule has 0 spiro atoms. The molecule has 1 heterocycles. The fourth-order valence-corrected chi connectivity index (χ4v) is 2.22. The van der Waals surface area contributed by atoms with E-state index < -0.39 is 5.60 Å². The van der Waals surface area contributed by atoms with Crippen LogP contribution >= 0.6 is 11.6 Å². The fraction of sp³-hybridized carbons (Fsp3) is 0.455. The minimum atomic E-state index is -0.729. The van der Waals surface area contributed by atoms with Crippen LogP contribution in [0, 0.1) is 0 Å². The first-order valence-corrected chi connectivity index (χ1v) is 5.39. The molecule has 0 saturated heterocycles. The Morgan fingerprint density at radius 1 is 1.20 bits per heavy atom. The Balaban J connectivity index is 2.11. The minimum absolute atomic E-state index is 0.493. The molecule has 0 amide bonds. The highest BCUT2D eigenvalue weighted by Crippen LogP contribution is 2.51. The Hall–Kier alpha value is -0.930. The van der Waals surface area contributed by atoms with Gasteiger partial charge in [-0.2, -0.15) is 0 Å². The van der Waals surface area contributed by atoms with Gasteiger partial charge in [0, 0.05) is 5.56 Å². The van der Waals surface area contributed by atoms with Crippen LogP contribution < -0.4 is 9.47 Å². The monoisotopic (exact) mass is 226 g/mol. The van der Waals surface area contributed by atoms with E-state index in [2.05, 4.69) is 0 Å². The maximum absolute atomic E-state index is 10.0. The number of hydrogen-bond donors (Lipinski definition) is 1. The van der Waals surface area contributed by atoms with Crippen LogP contribution in [0.15, 0.2) is 12.1 Å². The lowest BCUT2D eigenvalue weighted by molar-refractivity contribution is 0.147. The predicted molar refractivity (Wildman–Crippen MR) is 55.6 cm³/mol. The van der Waals surface area contributed by atoms with Crippen molar-refractivity contribution in [1.29, 1.82) is 0 Å². The molecular formula is C11H11ClO3. The zero-order chi connectivity index (χ0) is 10.5. The van der Waals surface area contributed by atoms with Crippen molar-refractivity contribution in [1.82, 2.24) is 0 Å². The highest BCUT2D eigenvalue weighted by molar-refractivity contribution is 6.33. The van der Waals surface area contributed by atoms with Gasteiger partial charge in [-0.3, -0.25) is 0 Å². The molecule has 1 aliphatic heterocycles. The fourth-order valence-electron chi connectivity index (χ4n) is 1.83. The third kappa shape index (κ3) is 1.38. The summed E-state index contributed by atoms with van der Waals surface area (Å²) in [6.07, 6.45) is 1.54. The van der Waals surface area contributed by atoms with Crippen molar-refractivity contribution in [2.75, 3.05) is 13.2 Å². The minimum Gasteiger partial charge on any atom is -0.486 e. The van der Waals surface area contributed by atoms with Crippen molar-refractivity contribution in [3.63, 3.8) is 0 Å². The van der Waals surface area contributed by atoms with E-state index in [4.69, 9.17) is 21.1 Å². The molecule has 0 radical (unpaired) electrons. The van der Waals surface area contributed by atoms with E-state index in [0.717, 1.165) is 18.4 Å². The van der Waals surface area contributed by atoms with Crippen LogP contribution in [-0.4, -0.2) is 18.3 Å². The number of halogens is 1. The molecule has 80 valence electrons. The summed E-state index contributed by atoms with van der Waals surface area (Å²) in [5.74, 6) is 1.24. The molecule has 2 aliphatic rings. The van der Waals surface area contributed by atoms with E-state index in [1.165, 1.54) is 0 Å². The Morgan fingerprint density at radius 2 is 1.93 bits per heavy atom. The zero-order valence-electron chi connectivity index (χ0n) is 8.12. The second-order valence-electron chi connectivity index (χ2n) is 3.98. The summed E-state index contributed by atoms with van der Waals surface area (Å²) in [5, 5.41) is 10.5. The second-order valence-corrected chi connectivity index (χ2v) is 4.36. The SMILES string of the molecule is OC1(c2ccc3c(c2Cl)OCCO3)CC1. The summed E-state index contributed by atoms with van der Waals surface area (Å²) >= 11 is 6.19. The van der Waals surface area contributed by atoms with Gasteiger partial charge in [-0.15, -0.1) is 0 Å². The van der Waals surface area contributed by atoms with Crippen molar-refractivity contribution < 1.29 is 14.6 Å². The summed E-state index contributed by atoms with van der Waals surface area (Å²) in [4.78, 5) is 0. The molecule has 1 N–H and O–H groups in total. The first kappa shape index (κ1) is 9.31. The van der Waals surface area contributed by atoms with Gasteiger partial charge in [0.25, 0.3) is 0 Å². The van der Waals surface area contributed by atoms with Crippen LogP contribution in [0.25, 0.3) is 0 Å². The molecule has 15 heavy (non-hydrogen) atoms. The van der Waals surface area contributed by atoms with E-state index >= 15 is 0 Å². The van der Waals surface area contributed by atoms with E-state index in [9.17, 15) is 5.11 Å². The molecule has 1 aromatic rings. The first-order chi connectivity index (χ1) is 7.21. The topological polar surface area (TPSA) is 38.7 Å². The molecule has 0 atom stereocenters. The smallest absolute Gasteiger partial charge is 0.180 e. The van der Waals surface area contributed by atoms with Crippen molar-refractivity contribution in [2.45, 2.75) is 18.4 Å². The molecule has 1 aliphatic carbocycles. The Bertz CT molecular complexity index is 413. The molecule has 3 rings (SSSR count). The molecule has 1 saturated carbocycles. The van der Waals surface area contributed by atoms with Gasteiger partial charge in [0.15, 0.2) is 11.5 Å². The molecule has 1 fully saturated rings. The van der Waals surface area contributed by atoms with E-state index in [1.54, 1.807) is 0 Å². The number of hydrogen-bond acceptors (Lipinski definition) is 3. The van der Waals surface area contributed by atoms with Gasteiger partial charge >= 0.3 is 0 Å². The molecule has 1 aromatic carbocycles. The van der Waals surface area contributed by atoms with Crippen LogP contribution in [0.1, 0.15) is 18.4 Å². The van der Waals surface area contributed by atoms with Crippen LogP contribution in [0.3, 0.4) is 0 Å². The number of rotatable bonds is 1. The lowest BCUT2D eigenvalue weighted by atomic mass is 10.1. The summed E-state index contributed by atoms with van der Waals surface area (Å²) in [6, 6.07) is 3.63. The van der Waals surface area contributed by atoms with E-state index in [0.29, 0.717) is 29.7 Å². The largest absolute Gasteiger partial charge is 0.486 e. The third-order valence-corrected chi connectivity index (χ3v) is 3.25. The standard InChI is InChI=1S/C11H11ClO3/c12-9-7(11(13)3-4-11)1-2-8-10(9)15-6-5-14-8/h1-2,13H,3-6H2. The van der Waals surface area contributed by atoms with Crippen molar-refractivity contribution >= 4 is 11.6 Å². The van der Waals surface area contributed by atoms with Gasteiger partial charge in [-0.05, 0) is 18.9 Å². The summed E-state index contributed by atoms with van der Waals surface area (Å²) < 4.78 is 10.9. The lowest BCUT2D eigenvalue weighted by Crippen LogP contribution is -2.17. The zero-order valence-corrected chi connectivity index (χ0v) is 8.88. The lowest BCUT2D eigenvalue weighted by Gasteiger charge is -2.22. The van der Waals surface area contributed by atoms with Crippen LogP contribution in [0.5, 0.6) is 11.5 Å². The summed E-state index contributed by atoms with van der Waals surface area (Å²) in [7, 11) is 0. The maximum atomic E-state index is 10.0. The number of fused-ring (bicyclic) bond motifs is 1. The molecule has 0 aromatic heterocycles. The molecular weight excluding hydrogens is 216 g/mol. The Kier molecular flexibility index (Phi) is 1.88. The summed E-state index contributed by atoms with van der Waals surface area (Å²) in [6.45, 7) is 1.06. The highest BCUT2D eigenvalue weighted by atomic mass is 35.5. The molecule has 0 unspecified atom stereocenters. The molecule has 0 bridgehead atoms.